The van der Waals surface area contributed by atoms with Gasteiger partial charge in [-0.1, -0.05) is 18.7 Å². The molecule has 0 bridgehead atoms. The average molecular weight is 287 g/mol. The molecular weight excluding hydrogens is 270 g/mol. The van der Waals surface area contributed by atoms with Crippen LogP contribution in [0.5, 0.6) is 0 Å². The van der Waals surface area contributed by atoms with Crippen LogP contribution in [0.2, 0.25) is 0 Å². The predicted octanol–water partition coefficient (Wildman–Crippen LogP) is -0.429. The first kappa shape index (κ1) is 14.2. The number of carboxylic acid groups (broad SMARTS) is 1. The van der Waals surface area contributed by atoms with Crippen molar-refractivity contribution < 1.29 is 14.6 Å². The first-order valence-corrected chi connectivity index (χ1v) is 7.12. The van der Waals surface area contributed by atoms with Crippen LogP contribution in [0.3, 0.4) is 0 Å². The summed E-state index contributed by atoms with van der Waals surface area (Å²) < 4.78 is 6.96. The van der Waals surface area contributed by atoms with Crippen LogP contribution in [0, 0.1) is 0 Å². The number of likely N-dealkylation sites (N-methyl/N-ethyl adjacent to an activating group) is 1. The second kappa shape index (κ2) is 6.83. The molecule has 2 heterocycles. The lowest BCUT2D eigenvalue weighted by atomic mass is 10.3. The summed E-state index contributed by atoms with van der Waals surface area (Å²) in [5.41, 5.74) is 0. The molecule has 19 heavy (non-hydrogen) atoms. The lowest BCUT2D eigenvalue weighted by Gasteiger charge is -2.31. The number of morpholine rings is 1. The Morgan fingerprint density at radius 2 is 2.47 bits per heavy atom. The zero-order chi connectivity index (χ0) is 13.7. The number of ether oxygens (including phenoxy) is 1. The first-order valence-electron chi connectivity index (χ1n) is 6.13. The summed E-state index contributed by atoms with van der Waals surface area (Å²) in [5.74, 6) is -0.239. The maximum absolute atomic E-state index is 10.6. The van der Waals surface area contributed by atoms with Gasteiger partial charge in [-0.05, 0) is 17.0 Å². The number of carbonyl (C=O) groups is 1. The molecule has 0 spiro atoms. The van der Waals surface area contributed by atoms with E-state index in [9.17, 15) is 4.79 Å². The second-order valence-corrected chi connectivity index (χ2v) is 5.20. The lowest BCUT2D eigenvalue weighted by Crippen LogP contribution is -2.43. The fourth-order valence-corrected chi connectivity index (χ4v) is 2.74. The maximum Gasteiger partial charge on any atom is 0.325 e. The van der Waals surface area contributed by atoms with Gasteiger partial charge in [0.1, 0.15) is 6.54 Å². The molecule has 0 radical (unpaired) electrons. The molecular formula is C10H17N5O3S. The van der Waals surface area contributed by atoms with E-state index in [4.69, 9.17) is 9.84 Å². The van der Waals surface area contributed by atoms with Crippen LogP contribution in [0.1, 0.15) is 6.92 Å². The molecule has 1 aliphatic heterocycles. The third-order valence-corrected chi connectivity index (χ3v) is 3.94. The molecule has 106 valence electrons. The van der Waals surface area contributed by atoms with Gasteiger partial charge in [0.05, 0.1) is 12.7 Å². The zero-order valence-corrected chi connectivity index (χ0v) is 11.5. The number of tetrazole rings is 1. The van der Waals surface area contributed by atoms with Crippen LogP contribution < -0.4 is 0 Å². The van der Waals surface area contributed by atoms with Crippen molar-refractivity contribution >= 4 is 17.7 Å². The van der Waals surface area contributed by atoms with E-state index in [0.29, 0.717) is 5.16 Å². The molecule has 1 atom stereocenters. The summed E-state index contributed by atoms with van der Waals surface area (Å²) in [5, 5.41) is 20.2. The largest absolute Gasteiger partial charge is 0.480 e. The molecule has 1 unspecified atom stereocenters. The predicted molar refractivity (Wildman–Crippen MR) is 68.0 cm³/mol. The molecule has 1 fully saturated rings. The molecule has 1 saturated heterocycles. The zero-order valence-electron chi connectivity index (χ0n) is 10.7. The number of rotatable bonds is 6. The third kappa shape index (κ3) is 4.15. The molecule has 8 nitrogen and oxygen atoms in total. The Bertz CT molecular complexity index is 427. The Kier molecular flexibility index (Phi) is 5.11. The summed E-state index contributed by atoms with van der Waals surface area (Å²) >= 11 is 1.43. The van der Waals surface area contributed by atoms with Crippen LogP contribution in [0.15, 0.2) is 5.16 Å². The summed E-state index contributed by atoms with van der Waals surface area (Å²) in [6.07, 6.45) is 0.133. The van der Waals surface area contributed by atoms with Gasteiger partial charge in [-0.25, -0.2) is 4.68 Å². The van der Waals surface area contributed by atoms with Gasteiger partial charge in [0.25, 0.3) is 0 Å². The Labute approximate surface area is 115 Å². The molecule has 0 amide bonds. The number of carboxylic acids is 1. The van der Waals surface area contributed by atoms with E-state index >= 15 is 0 Å². The highest BCUT2D eigenvalue weighted by Crippen LogP contribution is 2.18. The molecule has 1 N–H and O–H groups in total. The Morgan fingerprint density at radius 1 is 1.63 bits per heavy atom. The van der Waals surface area contributed by atoms with Crippen LogP contribution in [-0.4, -0.2) is 74.3 Å². The molecule has 9 heteroatoms. The second-order valence-electron chi connectivity index (χ2n) is 4.21. The van der Waals surface area contributed by atoms with Crippen LogP contribution in [0.25, 0.3) is 0 Å². The summed E-state index contributed by atoms with van der Waals surface area (Å²) in [6.45, 7) is 5.52. The normalized spacial score (nSPS) is 20.6. The molecule has 2 rings (SSSR count). The number of thioether (sulfide) groups is 1. The molecule has 1 aliphatic rings. The number of aliphatic carboxylic acids is 1. The van der Waals surface area contributed by atoms with Crippen molar-refractivity contribution in [2.75, 3.05) is 32.0 Å². The van der Waals surface area contributed by atoms with Gasteiger partial charge in [-0.2, -0.15) is 0 Å². The minimum absolute atomic E-state index is 0.133. The average Bonchev–Trinajstić information content (AvgIpc) is 2.83. The van der Waals surface area contributed by atoms with Gasteiger partial charge in [0, 0.05) is 18.8 Å². The molecule has 1 aromatic heterocycles. The van der Waals surface area contributed by atoms with Crippen molar-refractivity contribution in [2.45, 2.75) is 24.7 Å². The highest BCUT2D eigenvalue weighted by Gasteiger charge is 2.20. The van der Waals surface area contributed by atoms with E-state index in [1.54, 1.807) is 0 Å². The van der Waals surface area contributed by atoms with Crippen LogP contribution in [-0.2, 0) is 16.1 Å². The molecule has 0 aliphatic carbocycles. The maximum atomic E-state index is 10.6. The Hall–Kier alpha value is -1.19. The standard InChI is InChI=1S/C10H17N5O3S/c1-2-14-3-4-18-8(5-14)7-19-10-11-12-13-15(10)6-9(16)17/h8H,2-7H2,1H3,(H,16,17). The smallest absolute Gasteiger partial charge is 0.325 e. The number of nitrogens with zero attached hydrogens (tertiary/aromatic N) is 5. The van der Waals surface area contributed by atoms with Crippen LogP contribution in [0.4, 0.5) is 0 Å². The van der Waals surface area contributed by atoms with Gasteiger partial charge in [0.15, 0.2) is 0 Å². The number of hydrogen-bond acceptors (Lipinski definition) is 7. The van der Waals surface area contributed by atoms with Crippen molar-refractivity contribution in [3.8, 4) is 0 Å². The van der Waals surface area contributed by atoms with Crippen LogP contribution >= 0.6 is 11.8 Å². The van der Waals surface area contributed by atoms with E-state index in [1.807, 2.05) is 0 Å². The molecule has 0 aromatic carbocycles. The minimum atomic E-state index is -0.958. The Morgan fingerprint density at radius 3 is 3.21 bits per heavy atom. The monoisotopic (exact) mass is 287 g/mol. The minimum Gasteiger partial charge on any atom is -0.480 e. The molecule has 1 aromatic rings. The lowest BCUT2D eigenvalue weighted by molar-refractivity contribution is -0.138. The fraction of sp³-hybridized carbons (Fsp3) is 0.800. The van der Waals surface area contributed by atoms with Gasteiger partial charge >= 0.3 is 5.97 Å². The molecule has 0 saturated carbocycles. The van der Waals surface area contributed by atoms with Crippen molar-refractivity contribution in [3.63, 3.8) is 0 Å². The first-order chi connectivity index (χ1) is 9.19. The summed E-state index contributed by atoms with van der Waals surface area (Å²) in [7, 11) is 0. The van der Waals surface area contributed by atoms with Gasteiger partial charge in [0.2, 0.25) is 5.16 Å². The Balaban J connectivity index is 1.84. The highest BCUT2D eigenvalue weighted by molar-refractivity contribution is 7.99. The van der Waals surface area contributed by atoms with Crippen molar-refractivity contribution in [2.24, 2.45) is 0 Å². The van der Waals surface area contributed by atoms with E-state index in [-0.39, 0.29) is 12.6 Å². The number of hydrogen-bond donors (Lipinski definition) is 1. The summed E-state index contributed by atoms with van der Waals surface area (Å²) in [4.78, 5) is 13.0. The van der Waals surface area contributed by atoms with E-state index in [1.165, 1.54) is 16.4 Å². The van der Waals surface area contributed by atoms with Crippen molar-refractivity contribution in [1.82, 2.24) is 25.1 Å². The highest BCUT2D eigenvalue weighted by atomic mass is 32.2. The van der Waals surface area contributed by atoms with E-state index in [0.717, 1.165) is 32.0 Å². The SMILES string of the molecule is CCN1CCOC(CSc2nnnn2CC(=O)O)C1. The third-order valence-electron chi connectivity index (χ3n) is 2.85. The number of aromatic nitrogens is 4. The van der Waals surface area contributed by atoms with Gasteiger partial charge < -0.3 is 9.84 Å². The fourth-order valence-electron chi connectivity index (χ4n) is 1.86. The van der Waals surface area contributed by atoms with Gasteiger partial charge in [-0.15, -0.1) is 5.10 Å². The van der Waals surface area contributed by atoms with Crippen molar-refractivity contribution in [1.29, 1.82) is 0 Å². The summed E-state index contributed by atoms with van der Waals surface area (Å²) in [6, 6.07) is 0. The topological polar surface area (TPSA) is 93.4 Å². The van der Waals surface area contributed by atoms with E-state index in [2.05, 4.69) is 27.3 Å². The quantitative estimate of drug-likeness (QED) is 0.705. The van der Waals surface area contributed by atoms with E-state index < -0.39 is 5.97 Å². The van der Waals surface area contributed by atoms with Gasteiger partial charge in [-0.3, -0.25) is 9.69 Å². The van der Waals surface area contributed by atoms with Crippen molar-refractivity contribution in [3.05, 3.63) is 0 Å².